The summed E-state index contributed by atoms with van der Waals surface area (Å²) in [6.45, 7) is 3.67. The molecular weight excluding hydrogens is 460 g/mol. The molecule has 35 heavy (non-hydrogen) atoms. The predicted octanol–water partition coefficient (Wildman–Crippen LogP) is 4.32. The molecule has 0 radical (unpaired) electrons. The summed E-state index contributed by atoms with van der Waals surface area (Å²) in [5.41, 5.74) is 3.16. The number of nitrogens with zero attached hydrogens (tertiary/aromatic N) is 2. The zero-order valence-corrected chi connectivity index (χ0v) is 20.8. The average molecular weight is 491 g/mol. The van der Waals surface area contributed by atoms with Crippen molar-refractivity contribution in [3.63, 3.8) is 0 Å². The fraction of sp³-hybridized carbons (Fsp3) is 0.333. The maximum absolute atomic E-state index is 13.7. The van der Waals surface area contributed by atoms with Crippen molar-refractivity contribution in [1.82, 2.24) is 15.6 Å². The number of carbonyl (C=O) groups is 3. The first-order valence-corrected chi connectivity index (χ1v) is 12.7. The quantitative estimate of drug-likeness (QED) is 0.492. The number of nitrogens with one attached hydrogen (secondary N) is 2. The van der Waals surface area contributed by atoms with E-state index in [-0.39, 0.29) is 30.3 Å². The first-order valence-electron chi connectivity index (χ1n) is 11.8. The van der Waals surface area contributed by atoms with Crippen LogP contribution in [-0.4, -0.2) is 35.3 Å². The molecule has 0 saturated heterocycles. The summed E-state index contributed by atoms with van der Waals surface area (Å²) in [5, 5.41) is 7.68. The van der Waals surface area contributed by atoms with E-state index in [0.29, 0.717) is 16.1 Å². The highest BCUT2D eigenvalue weighted by atomic mass is 32.1. The molecule has 2 N–H and O–H groups in total. The molecule has 4 rings (SSSR count). The summed E-state index contributed by atoms with van der Waals surface area (Å²) in [6, 6.07) is 12.0. The third-order valence-electron chi connectivity index (χ3n) is 6.11. The molecule has 1 atom stereocenters. The van der Waals surface area contributed by atoms with E-state index in [4.69, 9.17) is 0 Å². The van der Waals surface area contributed by atoms with Gasteiger partial charge in [-0.05, 0) is 67.5 Å². The maximum atomic E-state index is 13.7. The van der Waals surface area contributed by atoms with Gasteiger partial charge in [-0.1, -0.05) is 31.0 Å². The van der Waals surface area contributed by atoms with Crippen molar-refractivity contribution in [2.75, 3.05) is 11.4 Å². The molecule has 1 fully saturated rings. The van der Waals surface area contributed by atoms with Crippen molar-refractivity contribution in [2.45, 2.75) is 51.6 Å². The van der Waals surface area contributed by atoms with Crippen LogP contribution < -0.4 is 15.5 Å². The van der Waals surface area contributed by atoms with E-state index >= 15 is 0 Å². The second kappa shape index (κ2) is 11.3. The van der Waals surface area contributed by atoms with Gasteiger partial charge in [0.1, 0.15) is 6.04 Å². The van der Waals surface area contributed by atoms with Crippen LogP contribution >= 0.6 is 11.3 Å². The predicted molar refractivity (Wildman–Crippen MR) is 137 cm³/mol. The minimum Gasteiger partial charge on any atom is -0.351 e. The third-order valence-corrected chi connectivity index (χ3v) is 6.98. The van der Waals surface area contributed by atoms with Gasteiger partial charge in [-0.15, -0.1) is 11.3 Å². The number of hydrogen-bond acceptors (Lipinski definition) is 5. The minimum absolute atomic E-state index is 0.0939. The van der Waals surface area contributed by atoms with Crippen LogP contribution in [0.15, 0.2) is 60.2 Å². The molecule has 3 amide bonds. The van der Waals surface area contributed by atoms with E-state index in [2.05, 4.69) is 15.6 Å². The van der Waals surface area contributed by atoms with Crippen molar-refractivity contribution in [3.8, 4) is 0 Å². The van der Waals surface area contributed by atoms with Crippen LogP contribution in [0.2, 0.25) is 0 Å². The monoisotopic (exact) mass is 490 g/mol. The maximum Gasteiger partial charge on any atom is 0.261 e. The van der Waals surface area contributed by atoms with Gasteiger partial charge in [0.05, 0.1) is 11.4 Å². The summed E-state index contributed by atoms with van der Waals surface area (Å²) >= 11 is 1.31. The lowest BCUT2D eigenvalue weighted by Crippen LogP contribution is -2.49. The topological polar surface area (TPSA) is 91.4 Å². The number of hydrogen-bond donors (Lipinski definition) is 2. The molecule has 2 aromatic heterocycles. The van der Waals surface area contributed by atoms with Crippen molar-refractivity contribution >= 4 is 34.7 Å². The Bertz CT molecular complexity index is 1150. The number of anilines is 1. The first-order chi connectivity index (χ1) is 16.9. The van der Waals surface area contributed by atoms with Crippen LogP contribution in [-0.2, 0) is 9.59 Å². The number of thiophene rings is 1. The molecule has 1 aliphatic carbocycles. The third kappa shape index (κ3) is 6.14. The van der Waals surface area contributed by atoms with Crippen molar-refractivity contribution in [2.24, 2.45) is 0 Å². The van der Waals surface area contributed by atoms with Gasteiger partial charge >= 0.3 is 0 Å². The Kier molecular flexibility index (Phi) is 7.92. The molecule has 7 nitrogen and oxygen atoms in total. The molecule has 0 unspecified atom stereocenters. The van der Waals surface area contributed by atoms with Gasteiger partial charge in [0.15, 0.2) is 0 Å². The van der Waals surface area contributed by atoms with Crippen molar-refractivity contribution < 1.29 is 14.4 Å². The van der Waals surface area contributed by atoms with Gasteiger partial charge in [0, 0.05) is 29.7 Å². The Morgan fingerprint density at radius 2 is 1.83 bits per heavy atom. The fourth-order valence-electron chi connectivity index (χ4n) is 4.57. The SMILES string of the molecule is Cc1cc(C)cc(N(C(=O)CNC(=O)c2cccs2)[C@@H](C(=O)NC2CCCC2)c2cccnc2)c1. The Hall–Kier alpha value is -3.52. The van der Waals surface area contributed by atoms with Crippen LogP contribution in [0.4, 0.5) is 5.69 Å². The largest absolute Gasteiger partial charge is 0.351 e. The standard InChI is InChI=1S/C27H30N4O3S/c1-18-13-19(2)15-22(14-18)31(24(32)17-29-26(33)23-10-6-12-35-23)25(20-7-5-11-28-16-20)27(34)30-21-8-3-4-9-21/h5-7,10-16,21,25H,3-4,8-9,17H2,1-2H3,(H,29,33)(H,30,34)/t25-/m1/s1. The van der Waals surface area contributed by atoms with E-state index in [9.17, 15) is 14.4 Å². The molecule has 0 bridgehead atoms. The van der Waals surface area contributed by atoms with E-state index in [1.807, 2.05) is 37.4 Å². The summed E-state index contributed by atoms with van der Waals surface area (Å²) in [5.74, 6) is -0.945. The number of aromatic nitrogens is 1. The zero-order valence-electron chi connectivity index (χ0n) is 20.0. The highest BCUT2D eigenvalue weighted by molar-refractivity contribution is 7.12. The van der Waals surface area contributed by atoms with Gasteiger partial charge in [-0.2, -0.15) is 0 Å². The molecule has 1 saturated carbocycles. The molecule has 1 aromatic carbocycles. The molecule has 0 spiro atoms. The first kappa shape index (κ1) is 24.6. The molecule has 0 aliphatic heterocycles. The molecule has 2 heterocycles. The molecule has 8 heteroatoms. The van der Waals surface area contributed by atoms with E-state index in [1.165, 1.54) is 16.2 Å². The lowest BCUT2D eigenvalue weighted by molar-refractivity contribution is -0.126. The van der Waals surface area contributed by atoms with Gasteiger partial charge in [-0.3, -0.25) is 24.3 Å². The number of carbonyl (C=O) groups excluding carboxylic acids is 3. The molecular formula is C27H30N4O3S. The number of aryl methyl sites for hydroxylation is 2. The normalized spacial score (nSPS) is 14.3. The number of pyridine rings is 1. The van der Waals surface area contributed by atoms with E-state index in [0.717, 1.165) is 36.8 Å². The summed E-state index contributed by atoms with van der Waals surface area (Å²) in [7, 11) is 0. The molecule has 1 aliphatic rings. The Labute approximate surface area is 209 Å². The lowest BCUT2D eigenvalue weighted by Gasteiger charge is -2.32. The lowest BCUT2D eigenvalue weighted by atomic mass is 10.0. The average Bonchev–Trinajstić information content (AvgIpc) is 3.55. The highest BCUT2D eigenvalue weighted by Gasteiger charge is 2.34. The van der Waals surface area contributed by atoms with Crippen LogP contribution in [0, 0.1) is 13.8 Å². The van der Waals surface area contributed by atoms with Gasteiger partial charge < -0.3 is 10.6 Å². The van der Waals surface area contributed by atoms with Crippen LogP contribution in [0.1, 0.15) is 58.1 Å². The Morgan fingerprint density at radius 3 is 2.46 bits per heavy atom. The Morgan fingerprint density at radius 1 is 1.09 bits per heavy atom. The second-order valence-corrected chi connectivity index (χ2v) is 9.90. The van der Waals surface area contributed by atoms with Crippen LogP contribution in [0.5, 0.6) is 0 Å². The second-order valence-electron chi connectivity index (χ2n) is 8.95. The summed E-state index contributed by atoms with van der Waals surface area (Å²) in [4.78, 5) is 46.2. The summed E-state index contributed by atoms with van der Waals surface area (Å²) in [6.07, 6.45) is 7.28. The van der Waals surface area contributed by atoms with Gasteiger partial charge in [0.25, 0.3) is 5.91 Å². The van der Waals surface area contributed by atoms with Gasteiger partial charge in [0.2, 0.25) is 11.8 Å². The highest BCUT2D eigenvalue weighted by Crippen LogP contribution is 2.30. The number of rotatable bonds is 8. The zero-order chi connectivity index (χ0) is 24.8. The molecule has 182 valence electrons. The minimum atomic E-state index is -0.920. The van der Waals surface area contributed by atoms with E-state index in [1.54, 1.807) is 36.7 Å². The van der Waals surface area contributed by atoms with Crippen molar-refractivity contribution in [1.29, 1.82) is 0 Å². The van der Waals surface area contributed by atoms with Gasteiger partial charge in [-0.25, -0.2) is 0 Å². The Balaban J connectivity index is 1.69. The van der Waals surface area contributed by atoms with Crippen molar-refractivity contribution in [3.05, 3.63) is 81.8 Å². The number of amides is 3. The number of benzene rings is 1. The van der Waals surface area contributed by atoms with E-state index < -0.39 is 6.04 Å². The molecule has 3 aromatic rings. The van der Waals surface area contributed by atoms with Crippen LogP contribution in [0.3, 0.4) is 0 Å². The fourth-order valence-corrected chi connectivity index (χ4v) is 5.21. The summed E-state index contributed by atoms with van der Waals surface area (Å²) < 4.78 is 0. The smallest absolute Gasteiger partial charge is 0.261 e. The van der Waals surface area contributed by atoms with Crippen LogP contribution in [0.25, 0.3) is 0 Å².